The van der Waals surface area contributed by atoms with Crippen LogP contribution in [0.15, 0.2) is 18.2 Å². The van der Waals surface area contributed by atoms with E-state index in [2.05, 4.69) is 0 Å². The van der Waals surface area contributed by atoms with Crippen molar-refractivity contribution in [2.45, 2.75) is 31.9 Å². The van der Waals surface area contributed by atoms with Crippen LogP contribution in [0.2, 0.25) is 0 Å². The minimum absolute atomic E-state index is 0.115. The molecule has 0 aromatic heterocycles. The fraction of sp³-hybridized carbons (Fsp3) is 0.500. The number of likely N-dealkylation sites (tertiary alicyclic amines) is 1. The van der Waals surface area contributed by atoms with Crippen LogP contribution in [0.4, 0.5) is 5.69 Å². The zero-order valence-corrected chi connectivity index (χ0v) is 12.8. The zero-order chi connectivity index (χ0) is 15.9. The van der Waals surface area contributed by atoms with Gasteiger partial charge in [0.15, 0.2) is 0 Å². The molecule has 0 bridgehead atoms. The van der Waals surface area contributed by atoms with Gasteiger partial charge >= 0.3 is 0 Å². The van der Waals surface area contributed by atoms with Crippen molar-refractivity contribution in [3.63, 3.8) is 0 Å². The molecule has 22 heavy (non-hydrogen) atoms. The summed E-state index contributed by atoms with van der Waals surface area (Å²) < 4.78 is 5.21. The Labute approximate surface area is 129 Å². The van der Waals surface area contributed by atoms with Crippen LogP contribution in [-0.2, 0) is 16.0 Å². The first-order valence-electron chi connectivity index (χ1n) is 7.45. The second-order valence-corrected chi connectivity index (χ2v) is 5.81. The van der Waals surface area contributed by atoms with E-state index in [9.17, 15) is 14.7 Å². The Morgan fingerprint density at radius 3 is 2.82 bits per heavy atom. The number of fused-ring (bicyclic) bond motifs is 1. The summed E-state index contributed by atoms with van der Waals surface area (Å²) >= 11 is 0. The van der Waals surface area contributed by atoms with Gasteiger partial charge in [-0.1, -0.05) is 0 Å². The average Bonchev–Trinajstić information content (AvgIpc) is 3.09. The van der Waals surface area contributed by atoms with Crippen LogP contribution < -0.4 is 9.64 Å². The van der Waals surface area contributed by atoms with Crippen LogP contribution >= 0.6 is 0 Å². The maximum absolute atomic E-state index is 12.8. The molecule has 1 fully saturated rings. The SMILES string of the molecule is COc1ccc2c(c1)CCN2C(=O)[C@H]1C[C@@H](O)CN1C(C)=O. The second kappa shape index (κ2) is 5.61. The minimum atomic E-state index is -0.629. The summed E-state index contributed by atoms with van der Waals surface area (Å²) in [5.74, 6) is 0.481. The molecule has 1 aromatic rings. The Balaban J connectivity index is 1.84. The Morgan fingerprint density at radius 1 is 1.36 bits per heavy atom. The number of anilines is 1. The monoisotopic (exact) mass is 304 g/mol. The van der Waals surface area contributed by atoms with Gasteiger partial charge in [0.2, 0.25) is 11.8 Å². The predicted octanol–water partition coefficient (Wildman–Crippen LogP) is 0.566. The number of nitrogens with zero attached hydrogens (tertiary/aromatic N) is 2. The highest BCUT2D eigenvalue weighted by Crippen LogP contribution is 2.33. The van der Waals surface area contributed by atoms with Gasteiger partial charge in [0, 0.05) is 32.1 Å². The molecule has 2 atom stereocenters. The highest BCUT2D eigenvalue weighted by atomic mass is 16.5. The maximum Gasteiger partial charge on any atom is 0.249 e. The first-order valence-corrected chi connectivity index (χ1v) is 7.45. The maximum atomic E-state index is 12.8. The van der Waals surface area contributed by atoms with E-state index in [1.54, 1.807) is 12.0 Å². The van der Waals surface area contributed by atoms with Crippen molar-refractivity contribution in [3.8, 4) is 5.75 Å². The van der Waals surface area contributed by atoms with E-state index < -0.39 is 12.1 Å². The van der Waals surface area contributed by atoms with E-state index in [4.69, 9.17) is 4.74 Å². The highest BCUT2D eigenvalue weighted by molar-refractivity contribution is 6.01. The number of β-amino-alcohol motifs (C(OH)–C–C–N with tert-alkyl or cyclic N) is 1. The summed E-state index contributed by atoms with van der Waals surface area (Å²) in [4.78, 5) is 27.7. The van der Waals surface area contributed by atoms with Crippen LogP contribution in [0.25, 0.3) is 0 Å². The van der Waals surface area contributed by atoms with Crippen molar-refractivity contribution in [2.24, 2.45) is 0 Å². The van der Waals surface area contributed by atoms with Crippen LogP contribution in [0, 0.1) is 0 Å². The number of carbonyl (C=O) groups is 2. The number of methoxy groups -OCH3 is 1. The number of aliphatic hydroxyl groups excluding tert-OH is 1. The molecule has 0 spiro atoms. The molecule has 1 aromatic carbocycles. The van der Waals surface area contributed by atoms with Crippen molar-refractivity contribution >= 4 is 17.5 Å². The number of benzene rings is 1. The van der Waals surface area contributed by atoms with Crippen molar-refractivity contribution in [3.05, 3.63) is 23.8 Å². The number of rotatable bonds is 2. The van der Waals surface area contributed by atoms with Crippen LogP contribution in [0.3, 0.4) is 0 Å². The summed E-state index contributed by atoms with van der Waals surface area (Å²) in [5.41, 5.74) is 1.94. The molecule has 2 amide bonds. The molecule has 6 nitrogen and oxygen atoms in total. The van der Waals surface area contributed by atoms with Gasteiger partial charge in [-0.25, -0.2) is 0 Å². The minimum Gasteiger partial charge on any atom is -0.497 e. The Kier molecular flexibility index (Phi) is 3.78. The number of hydrogen-bond donors (Lipinski definition) is 1. The van der Waals surface area contributed by atoms with Crippen LogP contribution in [0.5, 0.6) is 5.75 Å². The second-order valence-electron chi connectivity index (χ2n) is 5.81. The number of hydrogen-bond acceptors (Lipinski definition) is 4. The normalized spacial score (nSPS) is 23.6. The van der Waals surface area contributed by atoms with Gasteiger partial charge in [-0.2, -0.15) is 0 Å². The molecular weight excluding hydrogens is 284 g/mol. The predicted molar refractivity (Wildman–Crippen MR) is 80.8 cm³/mol. The Bertz CT molecular complexity index is 616. The fourth-order valence-electron chi connectivity index (χ4n) is 3.31. The lowest BCUT2D eigenvalue weighted by Crippen LogP contribution is -2.46. The molecule has 6 heteroatoms. The molecule has 2 aliphatic rings. The molecule has 1 saturated heterocycles. The van der Waals surface area contributed by atoms with E-state index in [1.807, 2.05) is 18.2 Å². The summed E-state index contributed by atoms with van der Waals surface area (Å²) in [5, 5.41) is 9.79. The summed E-state index contributed by atoms with van der Waals surface area (Å²) in [6.07, 6.45) is 0.449. The highest BCUT2D eigenvalue weighted by Gasteiger charge is 2.41. The summed E-state index contributed by atoms with van der Waals surface area (Å²) in [6.45, 7) is 2.26. The van der Waals surface area contributed by atoms with E-state index in [0.29, 0.717) is 13.0 Å². The lowest BCUT2D eigenvalue weighted by Gasteiger charge is -2.27. The molecule has 0 aliphatic carbocycles. The first-order chi connectivity index (χ1) is 10.5. The van der Waals surface area contributed by atoms with Gasteiger partial charge in [0.05, 0.1) is 13.2 Å². The molecule has 1 N–H and O–H groups in total. The van der Waals surface area contributed by atoms with Crippen LogP contribution in [-0.4, -0.2) is 54.2 Å². The molecular formula is C16H20N2O4. The molecule has 3 rings (SSSR count). The molecule has 0 radical (unpaired) electrons. The smallest absolute Gasteiger partial charge is 0.249 e. The van der Waals surface area contributed by atoms with E-state index in [1.165, 1.54) is 11.8 Å². The van der Waals surface area contributed by atoms with E-state index in [0.717, 1.165) is 23.4 Å². The zero-order valence-electron chi connectivity index (χ0n) is 12.8. The van der Waals surface area contributed by atoms with Gasteiger partial charge in [0.25, 0.3) is 0 Å². The molecule has 0 saturated carbocycles. The number of carbonyl (C=O) groups excluding carboxylic acids is 2. The van der Waals surface area contributed by atoms with Gasteiger partial charge in [0.1, 0.15) is 11.8 Å². The number of amides is 2. The number of ether oxygens (including phenoxy) is 1. The largest absolute Gasteiger partial charge is 0.497 e. The quantitative estimate of drug-likeness (QED) is 0.867. The topological polar surface area (TPSA) is 70.1 Å². The van der Waals surface area contributed by atoms with E-state index >= 15 is 0 Å². The van der Waals surface area contributed by atoms with E-state index in [-0.39, 0.29) is 18.4 Å². The van der Waals surface area contributed by atoms with Crippen molar-refractivity contribution in [1.82, 2.24) is 4.90 Å². The Hall–Kier alpha value is -2.08. The van der Waals surface area contributed by atoms with Gasteiger partial charge in [-0.3, -0.25) is 9.59 Å². The van der Waals surface area contributed by atoms with Crippen LogP contribution in [0.1, 0.15) is 18.9 Å². The van der Waals surface area contributed by atoms with Crippen molar-refractivity contribution < 1.29 is 19.4 Å². The lowest BCUT2D eigenvalue weighted by molar-refractivity contribution is -0.135. The average molecular weight is 304 g/mol. The molecule has 118 valence electrons. The van der Waals surface area contributed by atoms with Gasteiger partial charge in [-0.05, 0) is 30.2 Å². The summed E-state index contributed by atoms with van der Waals surface area (Å²) in [7, 11) is 1.62. The molecule has 2 aliphatic heterocycles. The Morgan fingerprint density at radius 2 is 2.14 bits per heavy atom. The standard InChI is InChI=1S/C16H20N2O4/c1-10(19)18-9-12(20)8-15(18)16(21)17-6-5-11-7-13(22-2)3-4-14(11)17/h3-4,7,12,15,20H,5-6,8-9H2,1-2H3/t12-,15-/m1/s1. The summed E-state index contributed by atoms with van der Waals surface area (Å²) in [6, 6.07) is 5.08. The molecule has 2 heterocycles. The number of aliphatic hydroxyl groups is 1. The first kappa shape index (κ1) is 14.8. The third-order valence-corrected chi connectivity index (χ3v) is 4.42. The lowest BCUT2D eigenvalue weighted by atomic mass is 10.1. The van der Waals surface area contributed by atoms with Crippen molar-refractivity contribution in [1.29, 1.82) is 0 Å². The third-order valence-electron chi connectivity index (χ3n) is 4.42. The fourth-order valence-corrected chi connectivity index (χ4v) is 3.31. The van der Waals surface area contributed by atoms with Gasteiger partial charge < -0.3 is 19.6 Å². The van der Waals surface area contributed by atoms with Gasteiger partial charge in [-0.15, -0.1) is 0 Å². The van der Waals surface area contributed by atoms with Crippen molar-refractivity contribution in [2.75, 3.05) is 25.1 Å². The molecule has 0 unspecified atom stereocenters. The third kappa shape index (κ3) is 2.43.